The highest BCUT2D eigenvalue weighted by molar-refractivity contribution is 5.98. The quantitative estimate of drug-likeness (QED) is 0.714. The molecule has 0 N–H and O–H groups in total. The van der Waals surface area contributed by atoms with Crippen LogP contribution in [0.2, 0.25) is 0 Å². The van der Waals surface area contributed by atoms with Crippen LogP contribution in [0.25, 0.3) is 0 Å². The first-order valence-corrected chi connectivity index (χ1v) is 10.0. The van der Waals surface area contributed by atoms with Gasteiger partial charge in [0.05, 0.1) is 44.8 Å². The van der Waals surface area contributed by atoms with Gasteiger partial charge < -0.3 is 13.9 Å². The number of ether oxygens (including phenoxy) is 2. The second-order valence-corrected chi connectivity index (χ2v) is 7.44. The summed E-state index contributed by atoms with van der Waals surface area (Å²) in [6.07, 6.45) is 1.57. The molecule has 3 heterocycles. The zero-order chi connectivity index (χ0) is 19.3. The van der Waals surface area contributed by atoms with Crippen LogP contribution in [-0.2, 0) is 9.47 Å². The van der Waals surface area contributed by atoms with E-state index < -0.39 is 0 Å². The summed E-state index contributed by atoms with van der Waals surface area (Å²) in [7, 11) is 0. The van der Waals surface area contributed by atoms with Gasteiger partial charge in [-0.15, -0.1) is 0 Å². The molecular formula is C22H28N2O4. The van der Waals surface area contributed by atoms with E-state index in [1.807, 2.05) is 0 Å². The summed E-state index contributed by atoms with van der Waals surface area (Å²) in [5, 5.41) is 0. The number of hydrogen-bond donors (Lipinski definition) is 0. The first kappa shape index (κ1) is 19.3. The molecule has 0 amide bonds. The summed E-state index contributed by atoms with van der Waals surface area (Å²) in [6.45, 7) is 7.85. The van der Waals surface area contributed by atoms with Crippen molar-refractivity contribution in [2.75, 3.05) is 52.6 Å². The van der Waals surface area contributed by atoms with Crippen LogP contribution >= 0.6 is 0 Å². The number of carbonyl (C=O) groups excluding carboxylic acids is 1. The number of furan rings is 1. The first-order valence-electron chi connectivity index (χ1n) is 10.0. The first-order chi connectivity index (χ1) is 13.7. The van der Waals surface area contributed by atoms with Crippen molar-refractivity contribution in [2.45, 2.75) is 19.0 Å². The summed E-state index contributed by atoms with van der Waals surface area (Å²) in [5.74, 6) is 0.450. The molecule has 2 aromatic rings. The maximum atomic E-state index is 13.6. The molecule has 2 aliphatic rings. The summed E-state index contributed by atoms with van der Waals surface area (Å²) < 4.78 is 16.6. The van der Waals surface area contributed by atoms with E-state index in [-0.39, 0.29) is 17.9 Å². The van der Waals surface area contributed by atoms with Gasteiger partial charge in [0.15, 0.2) is 5.76 Å². The largest absolute Gasteiger partial charge is 0.461 e. The van der Waals surface area contributed by atoms with Gasteiger partial charge in [0.25, 0.3) is 0 Å². The van der Waals surface area contributed by atoms with Crippen molar-refractivity contribution < 1.29 is 18.7 Å². The van der Waals surface area contributed by atoms with Crippen LogP contribution in [0.3, 0.4) is 0 Å². The maximum absolute atomic E-state index is 13.6. The van der Waals surface area contributed by atoms with Crippen molar-refractivity contribution in [1.82, 2.24) is 9.80 Å². The van der Waals surface area contributed by atoms with Crippen LogP contribution < -0.4 is 0 Å². The number of hydrogen-bond acceptors (Lipinski definition) is 6. The predicted octanol–water partition coefficient (Wildman–Crippen LogP) is 2.55. The summed E-state index contributed by atoms with van der Waals surface area (Å²) in [4.78, 5) is 18.2. The standard InChI is InChI=1S/C22H28N2O4/c1-17-4-6-18(7-5-17)20(23-8-13-26-14-9-23)21(24-10-15-27-16-11-24)22(25)19-3-2-12-28-19/h2-7,12,20-21H,8-11,13-16H2,1H3/t20-,21-/m0/s1. The number of morpholine rings is 2. The van der Waals surface area contributed by atoms with Crippen LogP contribution in [0.5, 0.6) is 0 Å². The Hall–Kier alpha value is -1.99. The van der Waals surface area contributed by atoms with E-state index in [4.69, 9.17) is 13.9 Å². The molecule has 0 saturated carbocycles. The normalized spacial score (nSPS) is 21.3. The lowest BCUT2D eigenvalue weighted by atomic mass is 9.91. The zero-order valence-electron chi connectivity index (χ0n) is 16.4. The lowest BCUT2D eigenvalue weighted by molar-refractivity contribution is -0.0307. The Labute approximate surface area is 166 Å². The van der Waals surface area contributed by atoms with E-state index in [0.717, 1.165) is 31.7 Å². The van der Waals surface area contributed by atoms with E-state index in [1.165, 1.54) is 5.56 Å². The van der Waals surface area contributed by atoms with Crippen molar-refractivity contribution in [1.29, 1.82) is 0 Å². The van der Waals surface area contributed by atoms with Crippen molar-refractivity contribution in [2.24, 2.45) is 0 Å². The molecule has 0 radical (unpaired) electrons. The highest BCUT2D eigenvalue weighted by Crippen LogP contribution is 2.32. The fraction of sp³-hybridized carbons (Fsp3) is 0.500. The number of nitrogens with zero attached hydrogens (tertiary/aromatic N) is 2. The van der Waals surface area contributed by atoms with Crippen molar-refractivity contribution >= 4 is 5.78 Å². The van der Waals surface area contributed by atoms with Gasteiger partial charge in [0.1, 0.15) is 0 Å². The second kappa shape index (κ2) is 9.01. The summed E-state index contributed by atoms with van der Waals surface area (Å²) in [6, 6.07) is 11.7. The van der Waals surface area contributed by atoms with Crippen LogP contribution in [-0.4, -0.2) is 74.2 Å². The third-order valence-electron chi connectivity index (χ3n) is 5.63. The van der Waals surface area contributed by atoms with E-state index in [0.29, 0.717) is 32.2 Å². The number of ketones is 1. The lowest BCUT2D eigenvalue weighted by Gasteiger charge is -2.44. The molecule has 4 rings (SSSR count). The van der Waals surface area contributed by atoms with E-state index in [1.54, 1.807) is 18.4 Å². The minimum Gasteiger partial charge on any atom is -0.461 e. The Kier molecular flexibility index (Phi) is 6.22. The smallest absolute Gasteiger partial charge is 0.216 e. The molecule has 2 atom stereocenters. The van der Waals surface area contributed by atoms with Crippen LogP contribution in [0.4, 0.5) is 0 Å². The zero-order valence-corrected chi connectivity index (χ0v) is 16.4. The third kappa shape index (κ3) is 4.20. The second-order valence-electron chi connectivity index (χ2n) is 7.44. The number of Topliss-reactive ketones (excluding diaryl/α,β-unsaturated/α-hetero) is 1. The van der Waals surface area contributed by atoms with Gasteiger partial charge in [-0.3, -0.25) is 14.6 Å². The van der Waals surface area contributed by atoms with E-state index >= 15 is 0 Å². The minimum absolute atomic E-state index is 0.0315. The Bertz CT molecular complexity index is 747. The van der Waals surface area contributed by atoms with Gasteiger partial charge >= 0.3 is 0 Å². The highest BCUT2D eigenvalue weighted by atomic mass is 16.5. The molecule has 0 aliphatic carbocycles. The topological polar surface area (TPSA) is 55.2 Å². The number of rotatable bonds is 6. The fourth-order valence-electron chi connectivity index (χ4n) is 4.14. The van der Waals surface area contributed by atoms with Crippen LogP contribution in [0.1, 0.15) is 27.7 Å². The van der Waals surface area contributed by atoms with Gasteiger partial charge in [-0.05, 0) is 24.6 Å². The Balaban J connectivity index is 1.74. The monoisotopic (exact) mass is 384 g/mol. The van der Waals surface area contributed by atoms with Gasteiger partial charge in [0.2, 0.25) is 5.78 Å². The molecule has 2 aliphatic heterocycles. The van der Waals surface area contributed by atoms with Crippen molar-refractivity contribution in [3.05, 3.63) is 59.5 Å². The summed E-state index contributed by atoms with van der Waals surface area (Å²) in [5.41, 5.74) is 2.37. The molecule has 0 spiro atoms. The van der Waals surface area contributed by atoms with Gasteiger partial charge in [-0.2, -0.15) is 0 Å². The molecule has 1 aromatic heterocycles. The van der Waals surface area contributed by atoms with Crippen LogP contribution in [0.15, 0.2) is 47.1 Å². The molecule has 2 fully saturated rings. The van der Waals surface area contributed by atoms with Gasteiger partial charge in [-0.25, -0.2) is 0 Å². The lowest BCUT2D eigenvalue weighted by Crippen LogP contribution is -2.55. The summed E-state index contributed by atoms with van der Waals surface area (Å²) >= 11 is 0. The predicted molar refractivity (Wildman–Crippen MR) is 106 cm³/mol. The third-order valence-corrected chi connectivity index (χ3v) is 5.63. The number of benzene rings is 1. The number of carbonyl (C=O) groups is 1. The molecule has 0 bridgehead atoms. The highest BCUT2D eigenvalue weighted by Gasteiger charge is 2.40. The van der Waals surface area contributed by atoms with Crippen LogP contribution in [0, 0.1) is 6.92 Å². The average molecular weight is 384 g/mol. The van der Waals surface area contributed by atoms with Gasteiger partial charge in [-0.1, -0.05) is 29.8 Å². The molecule has 0 unspecified atom stereocenters. The Morgan fingerprint density at radius 1 is 0.893 bits per heavy atom. The molecule has 6 nitrogen and oxygen atoms in total. The van der Waals surface area contributed by atoms with E-state index in [2.05, 4.69) is 41.0 Å². The Morgan fingerprint density at radius 2 is 1.50 bits per heavy atom. The maximum Gasteiger partial charge on any atom is 0.216 e. The fourth-order valence-corrected chi connectivity index (χ4v) is 4.14. The Morgan fingerprint density at radius 3 is 2.07 bits per heavy atom. The molecule has 1 aromatic carbocycles. The molecule has 150 valence electrons. The molecule has 2 saturated heterocycles. The average Bonchev–Trinajstić information content (AvgIpc) is 3.29. The molecule has 6 heteroatoms. The number of aryl methyl sites for hydroxylation is 1. The minimum atomic E-state index is -0.323. The molecule has 28 heavy (non-hydrogen) atoms. The van der Waals surface area contributed by atoms with E-state index in [9.17, 15) is 4.79 Å². The van der Waals surface area contributed by atoms with Gasteiger partial charge in [0, 0.05) is 26.2 Å². The molecular weight excluding hydrogens is 356 g/mol. The van der Waals surface area contributed by atoms with Crippen molar-refractivity contribution in [3.8, 4) is 0 Å². The SMILES string of the molecule is Cc1ccc([C@@H]([C@@H](C(=O)c2ccco2)N2CCOCC2)N2CCOCC2)cc1. The van der Waals surface area contributed by atoms with Crippen molar-refractivity contribution in [3.63, 3.8) is 0 Å².